The van der Waals surface area contributed by atoms with E-state index >= 15 is 0 Å². The largest absolute Gasteiger partial charge is 0.495 e. The van der Waals surface area contributed by atoms with E-state index in [9.17, 15) is 28.4 Å². The van der Waals surface area contributed by atoms with Crippen LogP contribution >= 0.6 is 11.6 Å². The number of nitrogens with two attached hydrogens (primary N) is 1. The fourth-order valence-corrected chi connectivity index (χ4v) is 4.11. The Morgan fingerprint density at radius 2 is 1.95 bits per heavy atom. The van der Waals surface area contributed by atoms with E-state index in [4.69, 9.17) is 26.5 Å². The van der Waals surface area contributed by atoms with Crippen molar-refractivity contribution < 1.29 is 27.5 Å². The number of rotatable bonds is 8. The Balaban J connectivity index is 1.79. The van der Waals surface area contributed by atoms with Crippen LogP contribution in [0.3, 0.4) is 0 Å². The molecule has 13 heteroatoms. The fraction of sp³-hybridized carbons (Fsp3) is 0.115. The van der Waals surface area contributed by atoms with Crippen LogP contribution in [0.25, 0.3) is 11.1 Å². The van der Waals surface area contributed by atoms with Gasteiger partial charge in [-0.1, -0.05) is 11.6 Å². The van der Waals surface area contributed by atoms with Gasteiger partial charge in [-0.25, -0.2) is 13.8 Å². The highest BCUT2D eigenvalue weighted by Crippen LogP contribution is 2.33. The van der Waals surface area contributed by atoms with Gasteiger partial charge in [0.05, 0.1) is 31.1 Å². The lowest BCUT2D eigenvalue weighted by molar-refractivity contribution is -0.119. The van der Waals surface area contributed by atoms with E-state index in [1.165, 1.54) is 43.8 Å². The molecule has 0 spiro atoms. The Bertz CT molecular complexity index is 1660. The van der Waals surface area contributed by atoms with Gasteiger partial charge in [-0.15, -0.1) is 0 Å². The van der Waals surface area contributed by atoms with Gasteiger partial charge in [-0.3, -0.25) is 19.0 Å². The molecule has 10 nitrogen and oxygen atoms in total. The van der Waals surface area contributed by atoms with Crippen molar-refractivity contribution in [1.82, 2.24) is 9.55 Å². The van der Waals surface area contributed by atoms with Gasteiger partial charge in [0.25, 0.3) is 11.5 Å². The summed E-state index contributed by atoms with van der Waals surface area (Å²) in [6, 6.07) is 7.85. The zero-order valence-corrected chi connectivity index (χ0v) is 20.8. The van der Waals surface area contributed by atoms with Crippen LogP contribution < -0.4 is 21.3 Å². The number of nitrogens with one attached hydrogen (secondary N) is 1. The highest BCUT2D eigenvalue weighted by atomic mass is 35.5. The number of carbonyl (C=O) groups excluding carboxylic acids is 2. The van der Waals surface area contributed by atoms with Crippen LogP contribution in [0.2, 0.25) is 5.02 Å². The maximum Gasteiger partial charge on any atom is 0.254 e. The Kier molecular flexibility index (Phi) is 7.73. The Morgan fingerprint density at radius 1 is 1.23 bits per heavy atom. The number of carbonyl (C=O) groups is 2. The van der Waals surface area contributed by atoms with Crippen LogP contribution in [-0.2, 0) is 11.2 Å². The summed E-state index contributed by atoms with van der Waals surface area (Å²) in [4.78, 5) is 41.8. The van der Waals surface area contributed by atoms with Crippen LogP contribution in [0, 0.1) is 23.0 Å². The van der Waals surface area contributed by atoms with Crippen LogP contribution in [0.4, 0.5) is 14.5 Å². The third-order valence-corrected chi connectivity index (χ3v) is 5.96. The Labute approximate surface area is 224 Å². The number of halogens is 3. The molecule has 198 valence electrons. The summed E-state index contributed by atoms with van der Waals surface area (Å²) >= 11 is 6.11. The standard InChI is InChI=1S/C26H18ClF2N5O5/c1-38-22-11-34(23(35)8-18(22)17-4-14(27)3-2-13(17)9-30)21(7-16-10-32-12-39-16)26(37)33-15-5-19(28)24(25(31)36)20(29)6-15/h2-6,8,10-12,21H,7H2,1H3,(H2,31,36)(H,33,37). The van der Waals surface area contributed by atoms with Crippen LogP contribution in [-0.4, -0.2) is 28.5 Å². The lowest BCUT2D eigenvalue weighted by Gasteiger charge is -2.21. The molecule has 0 saturated carbocycles. The normalized spacial score (nSPS) is 11.5. The lowest BCUT2D eigenvalue weighted by Crippen LogP contribution is -2.34. The van der Waals surface area contributed by atoms with Gasteiger partial charge in [-0.05, 0) is 30.3 Å². The van der Waals surface area contributed by atoms with E-state index in [0.717, 1.165) is 23.1 Å². The quantitative estimate of drug-likeness (QED) is 0.336. The minimum Gasteiger partial charge on any atom is -0.495 e. The molecule has 0 aliphatic heterocycles. The van der Waals surface area contributed by atoms with Gasteiger partial charge in [0.15, 0.2) is 6.39 Å². The van der Waals surface area contributed by atoms with Crippen molar-refractivity contribution in [2.45, 2.75) is 12.5 Å². The summed E-state index contributed by atoms with van der Waals surface area (Å²) < 4.78 is 40.3. The number of pyridine rings is 1. The molecule has 1 unspecified atom stereocenters. The average Bonchev–Trinajstić information content (AvgIpc) is 3.40. The number of methoxy groups -OCH3 is 1. The number of hydrogen-bond acceptors (Lipinski definition) is 7. The summed E-state index contributed by atoms with van der Waals surface area (Å²) in [7, 11) is 1.33. The number of primary amides is 1. The van der Waals surface area contributed by atoms with Gasteiger partial charge in [0.1, 0.15) is 34.7 Å². The SMILES string of the molecule is COc1cn(C(Cc2cnco2)C(=O)Nc2cc(F)c(C(N)=O)c(F)c2)c(=O)cc1-c1cc(Cl)ccc1C#N. The van der Waals surface area contributed by atoms with Crippen molar-refractivity contribution in [1.29, 1.82) is 5.26 Å². The first-order valence-electron chi connectivity index (χ1n) is 11.1. The zero-order valence-electron chi connectivity index (χ0n) is 20.1. The number of nitriles is 1. The minimum absolute atomic E-state index is 0.131. The van der Waals surface area contributed by atoms with Crippen molar-refractivity contribution in [3.63, 3.8) is 0 Å². The summed E-state index contributed by atoms with van der Waals surface area (Å²) in [6.45, 7) is 0. The molecule has 1 atom stereocenters. The van der Waals surface area contributed by atoms with Crippen molar-refractivity contribution in [2.24, 2.45) is 5.73 Å². The molecule has 0 aliphatic carbocycles. The first-order valence-corrected chi connectivity index (χ1v) is 11.5. The molecular weight excluding hydrogens is 536 g/mol. The molecule has 2 aromatic heterocycles. The summed E-state index contributed by atoms with van der Waals surface area (Å²) in [6.07, 6.45) is 3.55. The summed E-state index contributed by atoms with van der Waals surface area (Å²) in [5.74, 6) is -4.36. The van der Waals surface area contributed by atoms with E-state index in [1.54, 1.807) is 0 Å². The number of amides is 2. The van der Waals surface area contributed by atoms with Crippen molar-refractivity contribution >= 4 is 29.1 Å². The minimum atomic E-state index is -1.32. The second kappa shape index (κ2) is 11.2. The monoisotopic (exact) mass is 553 g/mol. The molecule has 0 aliphatic rings. The number of anilines is 1. The van der Waals surface area contributed by atoms with E-state index < -0.39 is 40.6 Å². The third-order valence-electron chi connectivity index (χ3n) is 5.73. The predicted molar refractivity (Wildman–Crippen MR) is 135 cm³/mol. The first kappa shape index (κ1) is 27.0. The number of benzene rings is 2. The smallest absolute Gasteiger partial charge is 0.254 e. The van der Waals surface area contributed by atoms with Gasteiger partial charge < -0.3 is 20.2 Å². The topological polar surface area (TPSA) is 153 Å². The molecule has 0 radical (unpaired) electrons. The highest BCUT2D eigenvalue weighted by Gasteiger charge is 2.27. The lowest BCUT2D eigenvalue weighted by atomic mass is 10.00. The van der Waals surface area contributed by atoms with Crippen LogP contribution in [0.1, 0.15) is 27.7 Å². The molecule has 3 N–H and O–H groups in total. The molecule has 2 heterocycles. The van der Waals surface area contributed by atoms with E-state index in [-0.39, 0.29) is 34.7 Å². The van der Waals surface area contributed by atoms with Gasteiger partial charge >= 0.3 is 0 Å². The highest BCUT2D eigenvalue weighted by molar-refractivity contribution is 6.31. The van der Waals surface area contributed by atoms with Crippen molar-refractivity contribution in [3.05, 3.63) is 99.1 Å². The Morgan fingerprint density at radius 3 is 2.54 bits per heavy atom. The first-order chi connectivity index (χ1) is 18.6. The second-order valence-electron chi connectivity index (χ2n) is 8.16. The Hall–Kier alpha value is -5.02. The fourth-order valence-electron chi connectivity index (χ4n) is 3.94. The molecule has 39 heavy (non-hydrogen) atoms. The van der Waals surface area contributed by atoms with Gasteiger partial charge in [0, 0.05) is 34.3 Å². The number of hydrogen-bond donors (Lipinski definition) is 2. The van der Waals surface area contributed by atoms with Crippen LogP contribution in [0.5, 0.6) is 5.75 Å². The number of ether oxygens (including phenoxy) is 1. The zero-order chi connectivity index (χ0) is 28.3. The predicted octanol–water partition coefficient (Wildman–Crippen LogP) is 3.84. The third kappa shape index (κ3) is 5.63. The van der Waals surface area contributed by atoms with Crippen LogP contribution in [0.15, 0.2) is 64.4 Å². The molecule has 2 aromatic carbocycles. The van der Waals surface area contributed by atoms with E-state index in [1.807, 2.05) is 6.07 Å². The van der Waals surface area contributed by atoms with E-state index in [0.29, 0.717) is 10.6 Å². The van der Waals surface area contributed by atoms with Gasteiger partial charge in [0.2, 0.25) is 5.91 Å². The van der Waals surface area contributed by atoms with Crippen molar-refractivity contribution in [2.75, 3.05) is 12.4 Å². The number of aromatic nitrogens is 2. The molecule has 4 rings (SSSR count). The molecule has 0 fully saturated rings. The molecule has 0 saturated heterocycles. The average molecular weight is 554 g/mol. The van der Waals surface area contributed by atoms with Crippen molar-refractivity contribution in [3.8, 4) is 22.9 Å². The molecule has 2 amide bonds. The summed E-state index contributed by atoms with van der Waals surface area (Å²) in [5.41, 5.74) is 3.86. The van der Waals surface area contributed by atoms with Gasteiger partial charge in [-0.2, -0.15) is 5.26 Å². The molecular formula is C26H18ClF2N5O5. The molecule has 0 bridgehead atoms. The number of oxazole rings is 1. The number of nitrogens with zero attached hydrogens (tertiary/aromatic N) is 3. The van der Waals surface area contributed by atoms with E-state index in [2.05, 4.69) is 10.3 Å². The molecule has 4 aromatic rings. The maximum atomic E-state index is 14.3. The summed E-state index contributed by atoms with van der Waals surface area (Å²) in [5, 5.41) is 12.2. The maximum absolute atomic E-state index is 14.3. The second-order valence-corrected chi connectivity index (χ2v) is 8.60.